The Hall–Kier alpha value is -2.25. The summed E-state index contributed by atoms with van der Waals surface area (Å²) in [6.45, 7) is 4.37. The molecule has 0 spiro atoms. The fourth-order valence-electron chi connectivity index (χ4n) is 3.31. The van der Waals surface area contributed by atoms with Crippen molar-refractivity contribution >= 4 is 5.91 Å². The minimum absolute atomic E-state index is 0.140. The Morgan fingerprint density at radius 2 is 1.92 bits per heavy atom. The number of hydrogen-bond acceptors (Lipinski definition) is 6. The van der Waals surface area contributed by atoms with E-state index in [2.05, 4.69) is 15.1 Å². The Morgan fingerprint density at radius 1 is 1.12 bits per heavy atom. The molecular formula is C18H22N4O3. The predicted molar refractivity (Wildman–Crippen MR) is 90.6 cm³/mol. The first-order valence-electron chi connectivity index (χ1n) is 8.80. The standard InChI is InChI=1S/C18H22N4O3/c23-18(15-7-4-12-24-15)22-10-8-21(9-11-22)13-16-19-20-17(25-16)14-5-2-1-3-6-14/h1-3,5-6,15H,4,7-13H2. The molecule has 7 nitrogen and oxygen atoms in total. The monoisotopic (exact) mass is 342 g/mol. The van der Waals surface area contributed by atoms with E-state index in [-0.39, 0.29) is 12.0 Å². The molecule has 1 aromatic carbocycles. The van der Waals surface area contributed by atoms with Gasteiger partial charge in [-0.05, 0) is 25.0 Å². The van der Waals surface area contributed by atoms with E-state index in [4.69, 9.17) is 9.15 Å². The van der Waals surface area contributed by atoms with Crippen molar-refractivity contribution in [3.8, 4) is 11.5 Å². The number of carbonyl (C=O) groups excluding carboxylic acids is 1. The third-order valence-corrected chi connectivity index (χ3v) is 4.74. The highest BCUT2D eigenvalue weighted by molar-refractivity contribution is 5.81. The number of piperazine rings is 1. The number of benzene rings is 1. The number of nitrogens with zero attached hydrogens (tertiary/aromatic N) is 4. The van der Waals surface area contributed by atoms with Crippen molar-refractivity contribution in [1.82, 2.24) is 20.0 Å². The van der Waals surface area contributed by atoms with E-state index >= 15 is 0 Å². The zero-order valence-corrected chi connectivity index (χ0v) is 14.1. The van der Waals surface area contributed by atoms with Crippen molar-refractivity contribution in [2.45, 2.75) is 25.5 Å². The van der Waals surface area contributed by atoms with E-state index in [1.165, 1.54) is 0 Å². The maximum Gasteiger partial charge on any atom is 0.251 e. The third kappa shape index (κ3) is 3.72. The van der Waals surface area contributed by atoms with Gasteiger partial charge < -0.3 is 14.1 Å². The number of hydrogen-bond donors (Lipinski definition) is 0. The summed E-state index contributed by atoms with van der Waals surface area (Å²) >= 11 is 0. The van der Waals surface area contributed by atoms with Crippen LogP contribution in [-0.2, 0) is 16.1 Å². The predicted octanol–water partition coefficient (Wildman–Crippen LogP) is 1.56. The zero-order chi connectivity index (χ0) is 17.1. The molecule has 25 heavy (non-hydrogen) atoms. The summed E-state index contributed by atoms with van der Waals surface area (Å²) in [7, 11) is 0. The summed E-state index contributed by atoms with van der Waals surface area (Å²) in [5.74, 6) is 1.29. The quantitative estimate of drug-likeness (QED) is 0.840. The number of aromatic nitrogens is 2. The first-order chi connectivity index (χ1) is 12.3. The van der Waals surface area contributed by atoms with Gasteiger partial charge in [0.2, 0.25) is 11.8 Å². The van der Waals surface area contributed by atoms with Crippen LogP contribution in [-0.4, -0.2) is 64.8 Å². The summed E-state index contributed by atoms with van der Waals surface area (Å²) in [6, 6.07) is 9.75. The highest BCUT2D eigenvalue weighted by Crippen LogP contribution is 2.19. The minimum Gasteiger partial charge on any atom is -0.419 e. The van der Waals surface area contributed by atoms with Crippen LogP contribution in [0.2, 0.25) is 0 Å². The third-order valence-electron chi connectivity index (χ3n) is 4.74. The van der Waals surface area contributed by atoms with Gasteiger partial charge in [0.25, 0.3) is 5.91 Å². The zero-order valence-electron chi connectivity index (χ0n) is 14.1. The second-order valence-electron chi connectivity index (χ2n) is 6.47. The molecule has 1 amide bonds. The Kier molecular flexibility index (Phi) is 4.76. The molecule has 132 valence electrons. The Bertz CT molecular complexity index is 704. The molecule has 2 fully saturated rings. The lowest BCUT2D eigenvalue weighted by Gasteiger charge is -2.35. The molecule has 3 heterocycles. The normalized spacial score (nSPS) is 21.6. The van der Waals surface area contributed by atoms with E-state index in [1.54, 1.807) is 0 Å². The second kappa shape index (κ2) is 7.33. The van der Waals surface area contributed by atoms with Crippen LogP contribution < -0.4 is 0 Å². The molecule has 1 atom stereocenters. The second-order valence-corrected chi connectivity index (χ2v) is 6.47. The first-order valence-corrected chi connectivity index (χ1v) is 8.80. The molecule has 1 unspecified atom stereocenters. The van der Waals surface area contributed by atoms with Gasteiger partial charge in [-0.1, -0.05) is 18.2 Å². The highest BCUT2D eigenvalue weighted by atomic mass is 16.5. The van der Waals surface area contributed by atoms with Gasteiger partial charge in [0.05, 0.1) is 6.54 Å². The van der Waals surface area contributed by atoms with Crippen molar-refractivity contribution in [2.75, 3.05) is 32.8 Å². The molecule has 0 aliphatic carbocycles. The van der Waals surface area contributed by atoms with Crippen LogP contribution in [0.3, 0.4) is 0 Å². The maximum atomic E-state index is 12.4. The molecular weight excluding hydrogens is 320 g/mol. The van der Waals surface area contributed by atoms with Gasteiger partial charge in [0.1, 0.15) is 6.10 Å². The Balaban J connectivity index is 1.30. The fourth-order valence-corrected chi connectivity index (χ4v) is 3.31. The smallest absolute Gasteiger partial charge is 0.251 e. The Morgan fingerprint density at radius 3 is 2.64 bits per heavy atom. The molecule has 0 N–H and O–H groups in total. The summed E-state index contributed by atoms with van der Waals surface area (Å²) in [6.07, 6.45) is 1.61. The van der Waals surface area contributed by atoms with E-state index < -0.39 is 0 Å². The molecule has 2 aromatic rings. The van der Waals surface area contributed by atoms with Gasteiger partial charge in [-0.3, -0.25) is 9.69 Å². The lowest BCUT2D eigenvalue weighted by molar-refractivity contribution is -0.142. The average molecular weight is 342 g/mol. The van der Waals surface area contributed by atoms with E-state index in [9.17, 15) is 4.79 Å². The van der Waals surface area contributed by atoms with Crippen molar-refractivity contribution in [2.24, 2.45) is 0 Å². The van der Waals surface area contributed by atoms with Crippen molar-refractivity contribution in [1.29, 1.82) is 0 Å². The number of carbonyl (C=O) groups is 1. The number of rotatable bonds is 4. The van der Waals surface area contributed by atoms with E-state index in [0.29, 0.717) is 24.9 Å². The van der Waals surface area contributed by atoms with Crippen LogP contribution >= 0.6 is 0 Å². The molecule has 2 aliphatic rings. The largest absolute Gasteiger partial charge is 0.419 e. The summed E-state index contributed by atoms with van der Waals surface area (Å²) in [5.41, 5.74) is 0.924. The Labute approximate surface area is 146 Å². The van der Waals surface area contributed by atoms with Crippen LogP contribution in [0.25, 0.3) is 11.5 Å². The van der Waals surface area contributed by atoms with E-state index in [1.807, 2.05) is 35.2 Å². The van der Waals surface area contributed by atoms with Gasteiger partial charge in [-0.2, -0.15) is 0 Å². The van der Waals surface area contributed by atoms with Gasteiger partial charge in [-0.25, -0.2) is 0 Å². The lowest BCUT2D eigenvalue weighted by atomic mass is 10.2. The minimum atomic E-state index is -0.226. The van der Waals surface area contributed by atoms with Crippen LogP contribution in [0.4, 0.5) is 0 Å². The summed E-state index contributed by atoms with van der Waals surface area (Å²) in [5, 5.41) is 8.27. The highest BCUT2D eigenvalue weighted by Gasteiger charge is 2.30. The first kappa shape index (κ1) is 16.2. The van der Waals surface area contributed by atoms with Crippen molar-refractivity contribution < 1.29 is 13.9 Å². The van der Waals surface area contributed by atoms with Crippen LogP contribution in [0.15, 0.2) is 34.7 Å². The molecule has 2 saturated heterocycles. The topological polar surface area (TPSA) is 71.7 Å². The SMILES string of the molecule is O=C(C1CCCO1)N1CCN(Cc2nnc(-c3ccccc3)o2)CC1. The molecule has 7 heteroatoms. The summed E-state index contributed by atoms with van der Waals surface area (Å²) < 4.78 is 11.3. The fraction of sp³-hybridized carbons (Fsp3) is 0.500. The molecule has 0 bridgehead atoms. The van der Waals surface area contributed by atoms with E-state index in [0.717, 1.165) is 44.6 Å². The van der Waals surface area contributed by atoms with Crippen LogP contribution in [0, 0.1) is 0 Å². The van der Waals surface area contributed by atoms with Crippen molar-refractivity contribution in [3.05, 3.63) is 36.2 Å². The van der Waals surface area contributed by atoms with Gasteiger partial charge in [-0.15, -0.1) is 10.2 Å². The van der Waals surface area contributed by atoms with Gasteiger partial charge >= 0.3 is 0 Å². The van der Waals surface area contributed by atoms with Crippen LogP contribution in [0.5, 0.6) is 0 Å². The maximum absolute atomic E-state index is 12.4. The molecule has 0 radical (unpaired) electrons. The molecule has 4 rings (SSSR count). The molecule has 0 saturated carbocycles. The summed E-state index contributed by atoms with van der Waals surface area (Å²) in [4.78, 5) is 16.5. The number of amides is 1. The molecule has 2 aliphatic heterocycles. The van der Waals surface area contributed by atoms with Crippen LogP contribution in [0.1, 0.15) is 18.7 Å². The van der Waals surface area contributed by atoms with Gasteiger partial charge in [0, 0.05) is 38.3 Å². The molecule has 1 aromatic heterocycles. The average Bonchev–Trinajstić information content (AvgIpc) is 3.35. The van der Waals surface area contributed by atoms with Gasteiger partial charge in [0.15, 0.2) is 0 Å². The van der Waals surface area contributed by atoms with Crippen molar-refractivity contribution in [3.63, 3.8) is 0 Å². The number of ether oxygens (including phenoxy) is 1. The lowest BCUT2D eigenvalue weighted by Crippen LogP contribution is -2.51.